The molecule has 16 heavy (non-hydrogen) atoms. The molecular formula is C10H7ClN2O2S. The van der Waals surface area contributed by atoms with E-state index in [-0.39, 0.29) is 4.90 Å². The zero-order valence-electron chi connectivity index (χ0n) is 8.04. The van der Waals surface area contributed by atoms with E-state index in [9.17, 15) is 8.42 Å². The van der Waals surface area contributed by atoms with Crippen LogP contribution in [-0.2, 0) is 9.05 Å². The van der Waals surface area contributed by atoms with Crippen molar-refractivity contribution in [3.63, 3.8) is 0 Å². The standard InChI is InChI=1S/C10H7ClN2O2S/c11-16(14,15)10-4-2-1-3-8(10)9-5-6-12-7-13-9/h1-7H. The number of aromatic nitrogens is 2. The Morgan fingerprint density at radius 3 is 2.50 bits per heavy atom. The lowest BCUT2D eigenvalue weighted by Crippen LogP contribution is -1.95. The second kappa shape index (κ2) is 4.19. The highest BCUT2D eigenvalue weighted by Gasteiger charge is 2.16. The van der Waals surface area contributed by atoms with E-state index >= 15 is 0 Å². The SMILES string of the molecule is O=S(=O)(Cl)c1ccccc1-c1ccncn1. The quantitative estimate of drug-likeness (QED) is 0.770. The fraction of sp³-hybridized carbons (Fsp3) is 0. The Bertz CT molecular complexity index is 599. The summed E-state index contributed by atoms with van der Waals surface area (Å²) in [6.45, 7) is 0. The third-order valence-corrected chi connectivity index (χ3v) is 3.39. The van der Waals surface area contributed by atoms with Crippen molar-refractivity contribution in [2.24, 2.45) is 0 Å². The highest BCUT2D eigenvalue weighted by molar-refractivity contribution is 8.13. The van der Waals surface area contributed by atoms with Crippen molar-refractivity contribution in [2.75, 3.05) is 0 Å². The van der Waals surface area contributed by atoms with Crippen molar-refractivity contribution < 1.29 is 8.42 Å². The summed E-state index contributed by atoms with van der Waals surface area (Å²) in [6, 6.07) is 8.06. The zero-order valence-corrected chi connectivity index (χ0v) is 9.61. The Kier molecular flexibility index (Phi) is 2.89. The minimum atomic E-state index is -3.77. The summed E-state index contributed by atoms with van der Waals surface area (Å²) in [5, 5.41) is 0. The first-order valence-corrected chi connectivity index (χ1v) is 6.70. The van der Waals surface area contributed by atoms with Gasteiger partial charge in [-0.15, -0.1) is 0 Å². The predicted molar refractivity (Wildman–Crippen MR) is 60.5 cm³/mol. The average Bonchev–Trinajstić information content (AvgIpc) is 2.29. The van der Waals surface area contributed by atoms with Gasteiger partial charge in [-0.3, -0.25) is 0 Å². The maximum atomic E-state index is 11.3. The highest BCUT2D eigenvalue weighted by atomic mass is 35.7. The Hall–Kier alpha value is -1.46. The minimum Gasteiger partial charge on any atom is -0.245 e. The molecule has 0 fully saturated rings. The Balaban J connectivity index is 2.68. The molecule has 2 aromatic rings. The molecule has 0 atom stereocenters. The van der Waals surface area contributed by atoms with Gasteiger partial charge in [-0.25, -0.2) is 18.4 Å². The summed E-state index contributed by atoms with van der Waals surface area (Å²) in [6.07, 6.45) is 2.90. The normalized spacial score (nSPS) is 11.3. The molecule has 1 aromatic heterocycles. The molecule has 0 bridgehead atoms. The van der Waals surface area contributed by atoms with Gasteiger partial charge in [0.15, 0.2) is 0 Å². The van der Waals surface area contributed by atoms with Gasteiger partial charge in [-0.2, -0.15) is 0 Å². The fourth-order valence-electron chi connectivity index (χ4n) is 1.34. The van der Waals surface area contributed by atoms with Crippen molar-refractivity contribution in [2.45, 2.75) is 4.90 Å². The van der Waals surface area contributed by atoms with E-state index in [4.69, 9.17) is 10.7 Å². The highest BCUT2D eigenvalue weighted by Crippen LogP contribution is 2.27. The van der Waals surface area contributed by atoms with E-state index < -0.39 is 9.05 Å². The minimum absolute atomic E-state index is 0.0513. The smallest absolute Gasteiger partial charge is 0.245 e. The molecule has 0 unspecified atom stereocenters. The van der Waals surface area contributed by atoms with Crippen LogP contribution in [0.3, 0.4) is 0 Å². The fourth-order valence-corrected chi connectivity index (χ4v) is 2.42. The van der Waals surface area contributed by atoms with Gasteiger partial charge in [-0.05, 0) is 12.1 Å². The number of rotatable bonds is 2. The molecule has 6 heteroatoms. The zero-order chi connectivity index (χ0) is 11.6. The van der Waals surface area contributed by atoms with Crippen molar-refractivity contribution in [1.82, 2.24) is 9.97 Å². The Morgan fingerprint density at radius 1 is 1.12 bits per heavy atom. The summed E-state index contributed by atoms with van der Waals surface area (Å²) >= 11 is 0. The maximum Gasteiger partial charge on any atom is 0.261 e. The topological polar surface area (TPSA) is 59.9 Å². The molecule has 82 valence electrons. The summed E-state index contributed by atoms with van der Waals surface area (Å²) in [4.78, 5) is 7.81. The van der Waals surface area contributed by atoms with Crippen molar-refractivity contribution in [1.29, 1.82) is 0 Å². The lowest BCUT2D eigenvalue weighted by Gasteiger charge is -2.04. The van der Waals surface area contributed by atoms with E-state index in [1.807, 2.05) is 0 Å². The van der Waals surface area contributed by atoms with Crippen LogP contribution in [0.25, 0.3) is 11.3 Å². The molecule has 0 aliphatic rings. The van der Waals surface area contributed by atoms with Crippen LogP contribution >= 0.6 is 10.7 Å². The van der Waals surface area contributed by atoms with Crippen molar-refractivity contribution >= 4 is 19.7 Å². The average molecular weight is 255 g/mol. The van der Waals surface area contributed by atoms with Crippen LogP contribution in [0.4, 0.5) is 0 Å². The number of hydrogen-bond donors (Lipinski definition) is 0. The summed E-state index contributed by atoms with van der Waals surface area (Å²) < 4.78 is 22.7. The first kappa shape index (κ1) is 11.0. The first-order valence-electron chi connectivity index (χ1n) is 4.39. The number of nitrogens with zero attached hydrogens (tertiary/aromatic N) is 2. The molecular weight excluding hydrogens is 248 g/mol. The summed E-state index contributed by atoms with van der Waals surface area (Å²) in [5.41, 5.74) is 0.995. The van der Waals surface area contributed by atoms with E-state index in [1.54, 1.807) is 30.5 Å². The summed E-state index contributed by atoms with van der Waals surface area (Å²) in [7, 11) is 1.57. The maximum absolute atomic E-state index is 11.3. The van der Waals surface area contributed by atoms with Crippen LogP contribution in [0.2, 0.25) is 0 Å². The molecule has 0 amide bonds. The van der Waals surface area contributed by atoms with E-state index in [2.05, 4.69) is 9.97 Å². The van der Waals surface area contributed by atoms with Crippen LogP contribution in [-0.4, -0.2) is 18.4 Å². The molecule has 1 heterocycles. The first-order chi connectivity index (χ1) is 7.59. The van der Waals surface area contributed by atoms with Crippen LogP contribution in [0.15, 0.2) is 47.8 Å². The molecule has 0 aliphatic carbocycles. The Morgan fingerprint density at radius 2 is 1.88 bits per heavy atom. The molecule has 0 saturated heterocycles. The third kappa shape index (κ3) is 2.20. The van der Waals surface area contributed by atoms with Crippen LogP contribution in [0.1, 0.15) is 0 Å². The number of hydrogen-bond acceptors (Lipinski definition) is 4. The number of halogens is 1. The summed E-state index contributed by atoms with van der Waals surface area (Å²) in [5.74, 6) is 0. The monoisotopic (exact) mass is 254 g/mol. The van der Waals surface area contributed by atoms with Crippen LogP contribution in [0.5, 0.6) is 0 Å². The second-order valence-corrected chi connectivity index (χ2v) is 5.56. The van der Waals surface area contributed by atoms with Gasteiger partial charge in [-0.1, -0.05) is 18.2 Å². The van der Waals surface area contributed by atoms with Gasteiger partial charge < -0.3 is 0 Å². The predicted octanol–water partition coefficient (Wildman–Crippen LogP) is 2.07. The molecule has 0 saturated carbocycles. The molecule has 0 aliphatic heterocycles. The molecule has 1 aromatic carbocycles. The van der Waals surface area contributed by atoms with E-state index in [0.717, 1.165) is 0 Å². The van der Waals surface area contributed by atoms with Gasteiger partial charge in [0.25, 0.3) is 9.05 Å². The number of benzene rings is 1. The van der Waals surface area contributed by atoms with E-state index in [1.165, 1.54) is 12.4 Å². The van der Waals surface area contributed by atoms with Gasteiger partial charge in [0.05, 0.1) is 10.6 Å². The van der Waals surface area contributed by atoms with Gasteiger partial charge in [0, 0.05) is 22.4 Å². The Labute approximate surface area is 97.4 Å². The largest absolute Gasteiger partial charge is 0.261 e. The third-order valence-electron chi connectivity index (χ3n) is 2.01. The molecule has 4 nitrogen and oxygen atoms in total. The molecule has 0 radical (unpaired) electrons. The van der Waals surface area contributed by atoms with Crippen molar-refractivity contribution in [3.8, 4) is 11.3 Å². The van der Waals surface area contributed by atoms with Crippen LogP contribution < -0.4 is 0 Å². The van der Waals surface area contributed by atoms with E-state index in [0.29, 0.717) is 11.3 Å². The van der Waals surface area contributed by atoms with Crippen molar-refractivity contribution in [3.05, 3.63) is 42.9 Å². The second-order valence-electron chi connectivity index (χ2n) is 3.03. The van der Waals surface area contributed by atoms with Crippen LogP contribution in [0, 0.1) is 0 Å². The molecule has 0 spiro atoms. The van der Waals surface area contributed by atoms with Gasteiger partial charge in [0.1, 0.15) is 6.33 Å². The lowest BCUT2D eigenvalue weighted by atomic mass is 10.1. The van der Waals surface area contributed by atoms with Gasteiger partial charge in [0.2, 0.25) is 0 Å². The molecule has 0 N–H and O–H groups in total. The lowest BCUT2D eigenvalue weighted by molar-refractivity contribution is 0.610. The van der Waals surface area contributed by atoms with Gasteiger partial charge >= 0.3 is 0 Å². The molecule has 2 rings (SSSR count).